The number of anilines is 1. The van der Waals surface area contributed by atoms with Crippen LogP contribution in [0.3, 0.4) is 0 Å². The highest BCUT2D eigenvalue weighted by Gasteiger charge is 2.34. The summed E-state index contributed by atoms with van der Waals surface area (Å²) in [5.74, 6) is 5.57. The van der Waals surface area contributed by atoms with E-state index in [1.807, 2.05) is 56.6 Å². The molecule has 1 saturated heterocycles. The Morgan fingerprint density at radius 2 is 1.88 bits per heavy atom. The number of benzene rings is 1. The maximum Gasteiger partial charge on any atom is 0.348 e. The first kappa shape index (κ1) is 24.6. The summed E-state index contributed by atoms with van der Waals surface area (Å²) in [7, 11) is -3.08. The van der Waals surface area contributed by atoms with Crippen molar-refractivity contribution in [2.75, 3.05) is 31.1 Å². The first-order chi connectivity index (χ1) is 15.0. The van der Waals surface area contributed by atoms with E-state index in [4.69, 9.17) is 4.74 Å². The van der Waals surface area contributed by atoms with Crippen LogP contribution in [0.2, 0.25) is 0 Å². The lowest BCUT2D eigenvalue weighted by Gasteiger charge is -2.35. The normalized spacial score (nSPS) is 16.7. The van der Waals surface area contributed by atoms with E-state index in [1.54, 1.807) is 12.7 Å². The van der Waals surface area contributed by atoms with Crippen molar-refractivity contribution in [2.24, 2.45) is 11.3 Å². The SMILES string of the molecule is Cc1ccc(P(C)(=O)N(CC2CCOCC2)c2cc(C#CC(C)(C)C)sc2C(=O)O)cc1. The number of rotatable bonds is 6. The molecule has 1 N–H and O–H groups in total. The van der Waals surface area contributed by atoms with Crippen LogP contribution in [0.1, 0.15) is 53.7 Å². The molecule has 1 aromatic carbocycles. The lowest BCUT2D eigenvalue weighted by Crippen LogP contribution is -2.33. The van der Waals surface area contributed by atoms with Crippen molar-refractivity contribution in [3.63, 3.8) is 0 Å². The van der Waals surface area contributed by atoms with Crippen molar-refractivity contribution in [1.29, 1.82) is 0 Å². The Hall–Kier alpha value is -2.06. The number of nitrogens with zero attached hydrogens (tertiary/aromatic N) is 1. The zero-order valence-electron chi connectivity index (χ0n) is 19.5. The molecule has 0 saturated carbocycles. The number of thiophene rings is 1. The fraction of sp³-hybridized carbons (Fsp3) is 0.480. The van der Waals surface area contributed by atoms with Crippen LogP contribution < -0.4 is 9.97 Å². The van der Waals surface area contributed by atoms with Gasteiger partial charge >= 0.3 is 5.97 Å². The first-order valence-electron chi connectivity index (χ1n) is 10.9. The van der Waals surface area contributed by atoms with Gasteiger partial charge < -0.3 is 14.5 Å². The summed E-state index contributed by atoms with van der Waals surface area (Å²) in [5.41, 5.74) is 1.39. The second kappa shape index (κ2) is 9.83. The molecule has 7 heteroatoms. The summed E-state index contributed by atoms with van der Waals surface area (Å²) in [6.07, 6.45) is 1.74. The molecule has 0 radical (unpaired) electrons. The van der Waals surface area contributed by atoms with E-state index < -0.39 is 13.3 Å². The monoisotopic (exact) mass is 473 g/mol. The molecule has 172 valence electrons. The first-order valence-corrected chi connectivity index (χ1v) is 13.8. The van der Waals surface area contributed by atoms with Gasteiger partial charge in [0.15, 0.2) is 7.29 Å². The van der Waals surface area contributed by atoms with E-state index in [2.05, 4.69) is 11.8 Å². The highest BCUT2D eigenvalue weighted by atomic mass is 32.1. The Morgan fingerprint density at radius 3 is 2.44 bits per heavy atom. The Balaban J connectivity index is 2.10. The molecule has 32 heavy (non-hydrogen) atoms. The average Bonchev–Trinajstić information content (AvgIpc) is 3.15. The van der Waals surface area contributed by atoms with E-state index in [-0.39, 0.29) is 16.2 Å². The van der Waals surface area contributed by atoms with E-state index in [9.17, 15) is 14.5 Å². The largest absolute Gasteiger partial charge is 0.477 e. The molecule has 0 amide bonds. The van der Waals surface area contributed by atoms with Crippen LogP contribution in [-0.2, 0) is 9.30 Å². The summed E-state index contributed by atoms with van der Waals surface area (Å²) >= 11 is 1.15. The second-order valence-corrected chi connectivity index (χ2v) is 13.3. The van der Waals surface area contributed by atoms with Gasteiger partial charge in [0, 0.05) is 37.1 Å². The van der Waals surface area contributed by atoms with Crippen LogP contribution in [0, 0.1) is 30.1 Å². The number of ether oxygens (including phenoxy) is 1. The Kier molecular flexibility index (Phi) is 7.55. The van der Waals surface area contributed by atoms with Gasteiger partial charge in [-0.3, -0.25) is 4.57 Å². The van der Waals surface area contributed by atoms with Gasteiger partial charge in [-0.1, -0.05) is 29.5 Å². The summed E-state index contributed by atoms with van der Waals surface area (Å²) < 4.78 is 21.6. The number of aromatic carboxylic acids is 1. The molecule has 1 aliphatic heterocycles. The molecule has 2 aromatic rings. The van der Waals surface area contributed by atoms with E-state index >= 15 is 0 Å². The van der Waals surface area contributed by atoms with Gasteiger partial charge in [-0.25, -0.2) is 4.79 Å². The maximum atomic E-state index is 14.3. The lowest BCUT2D eigenvalue weighted by molar-refractivity contribution is 0.0685. The topological polar surface area (TPSA) is 66.8 Å². The molecular formula is C25H32NO4PS. The third-order valence-corrected chi connectivity index (χ3v) is 9.08. The summed E-state index contributed by atoms with van der Waals surface area (Å²) in [6.45, 7) is 11.6. The second-order valence-electron chi connectivity index (χ2n) is 9.48. The van der Waals surface area contributed by atoms with Gasteiger partial charge in [0.2, 0.25) is 0 Å². The maximum absolute atomic E-state index is 14.3. The molecule has 0 aliphatic carbocycles. The Bertz CT molecular complexity index is 1070. The molecule has 5 nitrogen and oxygen atoms in total. The van der Waals surface area contributed by atoms with Crippen LogP contribution in [0.25, 0.3) is 0 Å². The fourth-order valence-corrected chi connectivity index (χ4v) is 6.64. The van der Waals surface area contributed by atoms with Crippen LogP contribution in [0.4, 0.5) is 5.69 Å². The smallest absolute Gasteiger partial charge is 0.348 e. The molecule has 0 spiro atoms. The Labute approximate surface area is 195 Å². The van der Waals surface area contributed by atoms with Crippen molar-refractivity contribution >= 4 is 35.6 Å². The highest BCUT2D eigenvalue weighted by molar-refractivity contribution is 7.72. The lowest BCUT2D eigenvalue weighted by atomic mass is 9.98. The van der Waals surface area contributed by atoms with Crippen molar-refractivity contribution in [2.45, 2.75) is 40.5 Å². The Morgan fingerprint density at radius 1 is 1.25 bits per heavy atom. The molecule has 1 fully saturated rings. The zero-order valence-corrected chi connectivity index (χ0v) is 21.2. The molecule has 3 rings (SSSR count). The van der Waals surface area contributed by atoms with Gasteiger partial charge in [-0.05, 0) is 64.7 Å². The molecule has 2 heterocycles. The van der Waals surface area contributed by atoms with Crippen LogP contribution in [0.15, 0.2) is 30.3 Å². The van der Waals surface area contributed by atoms with Crippen molar-refractivity contribution < 1.29 is 19.2 Å². The quantitative estimate of drug-likeness (QED) is 0.436. The van der Waals surface area contributed by atoms with E-state index in [0.717, 1.165) is 35.0 Å². The number of hydrogen-bond acceptors (Lipinski definition) is 4. The van der Waals surface area contributed by atoms with E-state index in [0.29, 0.717) is 30.3 Å². The van der Waals surface area contributed by atoms with Gasteiger partial charge in [0.1, 0.15) is 4.88 Å². The average molecular weight is 474 g/mol. The molecule has 1 unspecified atom stereocenters. The van der Waals surface area contributed by atoms with Gasteiger partial charge in [-0.2, -0.15) is 0 Å². The van der Waals surface area contributed by atoms with Gasteiger partial charge in [-0.15, -0.1) is 11.3 Å². The third kappa shape index (κ3) is 6.04. The number of carboxylic acids is 1. The van der Waals surface area contributed by atoms with Crippen molar-refractivity contribution in [3.8, 4) is 11.8 Å². The summed E-state index contributed by atoms with van der Waals surface area (Å²) in [5, 5.41) is 10.7. The van der Waals surface area contributed by atoms with E-state index in [1.165, 1.54) is 0 Å². The predicted octanol–water partition coefficient (Wildman–Crippen LogP) is 5.62. The molecule has 1 aromatic heterocycles. The minimum absolute atomic E-state index is 0.185. The van der Waals surface area contributed by atoms with Gasteiger partial charge in [0.05, 0.1) is 10.6 Å². The molecule has 1 aliphatic rings. The number of carboxylic acid groups (broad SMARTS) is 1. The third-order valence-electron chi connectivity index (χ3n) is 5.49. The van der Waals surface area contributed by atoms with Crippen molar-refractivity contribution in [1.82, 2.24) is 0 Å². The minimum atomic E-state index is -3.08. The highest BCUT2D eigenvalue weighted by Crippen LogP contribution is 2.51. The van der Waals surface area contributed by atoms with Crippen molar-refractivity contribution in [3.05, 3.63) is 45.6 Å². The van der Waals surface area contributed by atoms with Crippen LogP contribution in [0.5, 0.6) is 0 Å². The number of aryl methyl sites for hydroxylation is 1. The fourth-order valence-electron chi connectivity index (χ4n) is 3.63. The summed E-state index contributed by atoms with van der Waals surface area (Å²) in [6, 6.07) is 9.48. The summed E-state index contributed by atoms with van der Waals surface area (Å²) in [4.78, 5) is 13.0. The van der Waals surface area contributed by atoms with Crippen LogP contribution >= 0.6 is 18.6 Å². The number of carbonyl (C=O) groups is 1. The predicted molar refractivity (Wildman–Crippen MR) is 133 cm³/mol. The standard InChI is InChI=1S/C25H32NO4PS/c1-18-6-8-20(9-7-18)31(5,29)26(17-19-11-14-30-15-12-19)22-16-21(10-13-25(2,3)4)32-23(22)24(27)28/h6-9,16,19H,11-12,14-15,17H2,1-5H3,(H,27,28). The molecule has 0 bridgehead atoms. The number of hydrogen-bond donors (Lipinski definition) is 1. The van der Waals surface area contributed by atoms with Gasteiger partial charge in [0.25, 0.3) is 0 Å². The van der Waals surface area contributed by atoms with Crippen LogP contribution in [-0.4, -0.2) is 37.5 Å². The molecule has 1 atom stereocenters. The zero-order chi connectivity index (χ0) is 23.5. The molecular weight excluding hydrogens is 441 g/mol. The minimum Gasteiger partial charge on any atom is -0.477 e.